The lowest BCUT2D eigenvalue weighted by Gasteiger charge is -2.32. The van der Waals surface area contributed by atoms with Crippen LogP contribution in [-0.2, 0) is 27.5 Å². The molecule has 1 aliphatic heterocycles. The van der Waals surface area contributed by atoms with E-state index >= 15 is 0 Å². The maximum Gasteiger partial charge on any atom is 0.416 e. The average Bonchev–Trinajstić information content (AvgIpc) is 2.79. The van der Waals surface area contributed by atoms with Crippen LogP contribution in [0.15, 0.2) is 59.5 Å². The van der Waals surface area contributed by atoms with Gasteiger partial charge in [0.15, 0.2) is 0 Å². The Hall–Kier alpha value is -2.69. The molecule has 178 valence electrons. The Morgan fingerprint density at radius 3 is 2.39 bits per heavy atom. The fourth-order valence-corrected chi connectivity index (χ4v) is 4.37. The van der Waals surface area contributed by atoms with Crippen molar-refractivity contribution in [2.24, 2.45) is 0 Å². The van der Waals surface area contributed by atoms with Crippen molar-refractivity contribution in [3.05, 3.63) is 71.3 Å². The number of nitrogens with one attached hydrogen (secondary N) is 2. The summed E-state index contributed by atoms with van der Waals surface area (Å²) in [4.78, 5) is 14.5. The average molecular weight is 482 g/mol. The molecular weight excluding hydrogens is 455 g/mol. The third-order valence-corrected chi connectivity index (χ3v) is 6.91. The number of halogens is 3. The summed E-state index contributed by atoms with van der Waals surface area (Å²) < 4.78 is 64.4. The molecule has 2 aromatic rings. The van der Waals surface area contributed by atoms with E-state index in [4.69, 9.17) is 0 Å². The van der Waals surface area contributed by atoms with Gasteiger partial charge in [-0.1, -0.05) is 30.3 Å². The van der Waals surface area contributed by atoms with Crippen molar-refractivity contribution >= 4 is 22.0 Å². The Morgan fingerprint density at radius 1 is 1.12 bits per heavy atom. The molecule has 33 heavy (non-hydrogen) atoms. The monoisotopic (exact) mass is 481 g/mol. The van der Waals surface area contributed by atoms with Crippen LogP contribution in [0, 0.1) is 0 Å². The zero-order valence-corrected chi connectivity index (χ0v) is 18.9. The van der Waals surface area contributed by atoms with Gasteiger partial charge in [0.05, 0.1) is 10.5 Å². The van der Waals surface area contributed by atoms with E-state index in [-0.39, 0.29) is 16.8 Å². The van der Waals surface area contributed by atoms with E-state index in [1.165, 1.54) is 37.4 Å². The molecule has 0 aliphatic carbocycles. The summed E-state index contributed by atoms with van der Waals surface area (Å²) in [7, 11) is -2.17. The van der Waals surface area contributed by atoms with Gasteiger partial charge in [-0.25, -0.2) is 13.1 Å². The minimum atomic E-state index is -4.35. The van der Waals surface area contributed by atoms with Crippen molar-refractivity contribution in [2.75, 3.05) is 20.1 Å². The molecular formula is C23H26F3N3O3S. The van der Waals surface area contributed by atoms with Crippen LogP contribution in [0.4, 0.5) is 13.2 Å². The Morgan fingerprint density at radius 2 is 1.79 bits per heavy atom. The number of hydrogen-bond acceptors (Lipinski definition) is 4. The number of piperidine rings is 1. The second-order valence-corrected chi connectivity index (χ2v) is 9.75. The number of nitrogens with zero attached hydrogens (tertiary/aromatic N) is 1. The molecule has 10 heteroatoms. The van der Waals surface area contributed by atoms with Crippen molar-refractivity contribution in [3.63, 3.8) is 0 Å². The summed E-state index contributed by atoms with van der Waals surface area (Å²) in [5.74, 6) is -0.252. The highest BCUT2D eigenvalue weighted by atomic mass is 32.2. The summed E-state index contributed by atoms with van der Waals surface area (Å²) >= 11 is 0. The normalized spacial score (nSPS) is 16.2. The van der Waals surface area contributed by atoms with Crippen LogP contribution in [0.1, 0.15) is 29.5 Å². The van der Waals surface area contributed by atoms with E-state index in [9.17, 15) is 26.4 Å². The lowest BCUT2D eigenvalue weighted by molar-refractivity contribution is -0.137. The molecule has 6 nitrogen and oxygen atoms in total. The molecule has 2 aromatic carbocycles. The highest BCUT2D eigenvalue weighted by molar-refractivity contribution is 7.89. The molecule has 0 bridgehead atoms. The molecule has 1 amide bonds. The van der Waals surface area contributed by atoms with Crippen molar-refractivity contribution in [3.8, 4) is 0 Å². The first kappa shape index (κ1) is 24.9. The van der Waals surface area contributed by atoms with Gasteiger partial charge in [-0.05, 0) is 55.3 Å². The number of benzene rings is 2. The van der Waals surface area contributed by atoms with Gasteiger partial charge < -0.3 is 5.32 Å². The zero-order chi connectivity index (χ0) is 24.1. The van der Waals surface area contributed by atoms with E-state index in [0.717, 1.165) is 6.07 Å². The van der Waals surface area contributed by atoms with Crippen molar-refractivity contribution < 1.29 is 26.4 Å². The molecule has 0 radical (unpaired) electrons. The predicted octanol–water partition coefficient (Wildman–Crippen LogP) is 3.41. The number of hydrogen-bond donors (Lipinski definition) is 2. The molecule has 1 saturated heterocycles. The number of amides is 1. The molecule has 2 N–H and O–H groups in total. The number of alkyl halides is 3. The Kier molecular flexibility index (Phi) is 7.93. The second-order valence-electron chi connectivity index (χ2n) is 7.87. The van der Waals surface area contributed by atoms with E-state index in [1.54, 1.807) is 24.3 Å². The molecule has 1 fully saturated rings. The highest BCUT2D eigenvalue weighted by Gasteiger charge is 2.30. The molecule has 0 saturated carbocycles. The van der Waals surface area contributed by atoms with Gasteiger partial charge >= 0.3 is 6.18 Å². The number of sulfonamides is 1. The maximum absolute atomic E-state index is 12.9. The van der Waals surface area contributed by atoms with Crippen molar-refractivity contribution in [1.29, 1.82) is 0 Å². The smallest absolute Gasteiger partial charge is 0.350 e. The lowest BCUT2D eigenvalue weighted by atomic mass is 10.0. The predicted molar refractivity (Wildman–Crippen MR) is 120 cm³/mol. The molecule has 3 rings (SSSR count). The minimum Gasteiger partial charge on any atom is -0.350 e. The van der Waals surface area contributed by atoms with Crippen LogP contribution in [0.25, 0.3) is 6.08 Å². The first-order valence-corrected chi connectivity index (χ1v) is 12.0. The minimum absolute atomic E-state index is 0.0111. The van der Waals surface area contributed by atoms with E-state index in [1.807, 2.05) is 0 Å². The molecule has 0 aromatic heterocycles. The van der Waals surface area contributed by atoms with Gasteiger partial charge in [-0.2, -0.15) is 13.2 Å². The van der Waals surface area contributed by atoms with Crippen LogP contribution in [-0.4, -0.2) is 45.4 Å². The summed E-state index contributed by atoms with van der Waals surface area (Å²) in [6.45, 7) is 1.78. The standard InChI is InChI=1S/C23H26F3N3O3S/c1-27-33(31,32)21-8-5-17(6-9-21)7-10-22(30)28-20-11-13-29(14-12-20)16-18-3-2-4-19(15-18)23(24,25)26/h2-10,15,20,27H,11-14,16H2,1H3,(H,28,30)/b10-7+. The SMILES string of the molecule is CNS(=O)(=O)c1ccc(/C=C/C(=O)NC2CCN(Cc3cccc(C(F)(F)F)c3)CC2)cc1. The Labute approximate surface area is 191 Å². The first-order valence-electron chi connectivity index (χ1n) is 10.5. The van der Waals surface area contributed by atoms with E-state index < -0.39 is 21.8 Å². The van der Waals surface area contributed by atoms with Gasteiger partial charge in [0.2, 0.25) is 15.9 Å². The fourth-order valence-electron chi connectivity index (χ4n) is 3.64. The Bertz CT molecular complexity index is 1090. The van der Waals surface area contributed by atoms with Crippen LogP contribution in [0.2, 0.25) is 0 Å². The topological polar surface area (TPSA) is 78.5 Å². The molecule has 1 heterocycles. The van der Waals surface area contributed by atoms with Crippen LogP contribution in [0.3, 0.4) is 0 Å². The number of carbonyl (C=O) groups is 1. The van der Waals surface area contributed by atoms with Crippen LogP contribution < -0.4 is 10.0 Å². The van der Waals surface area contributed by atoms with Crippen LogP contribution >= 0.6 is 0 Å². The summed E-state index contributed by atoms with van der Waals surface area (Å²) in [6, 6.07) is 11.5. The van der Waals surface area contributed by atoms with Crippen molar-refractivity contribution in [1.82, 2.24) is 14.9 Å². The number of carbonyl (C=O) groups excluding carboxylic acids is 1. The van der Waals surface area contributed by atoms with Gasteiger partial charge in [0.25, 0.3) is 0 Å². The summed E-state index contributed by atoms with van der Waals surface area (Å²) in [5, 5.41) is 2.94. The third kappa shape index (κ3) is 7.15. The third-order valence-electron chi connectivity index (χ3n) is 5.48. The quantitative estimate of drug-likeness (QED) is 0.595. The number of likely N-dealkylation sites (tertiary alicyclic amines) is 1. The van der Waals surface area contributed by atoms with Crippen LogP contribution in [0.5, 0.6) is 0 Å². The highest BCUT2D eigenvalue weighted by Crippen LogP contribution is 2.30. The summed E-state index contributed by atoms with van der Waals surface area (Å²) in [5.41, 5.74) is 0.659. The van der Waals surface area contributed by atoms with Gasteiger partial charge in [0, 0.05) is 31.8 Å². The summed E-state index contributed by atoms with van der Waals surface area (Å²) in [6.07, 6.45) is 0.0575. The maximum atomic E-state index is 12.9. The molecule has 0 spiro atoms. The van der Waals surface area contributed by atoms with Crippen molar-refractivity contribution in [2.45, 2.75) is 36.5 Å². The second kappa shape index (κ2) is 10.5. The first-order chi connectivity index (χ1) is 15.6. The fraction of sp³-hybridized carbons (Fsp3) is 0.348. The van der Waals surface area contributed by atoms with Gasteiger partial charge in [-0.3, -0.25) is 9.69 Å². The van der Waals surface area contributed by atoms with E-state index in [2.05, 4.69) is 14.9 Å². The number of rotatable bonds is 7. The molecule has 0 unspecified atom stereocenters. The Balaban J connectivity index is 1.46. The lowest BCUT2D eigenvalue weighted by Crippen LogP contribution is -2.43. The zero-order valence-electron chi connectivity index (χ0n) is 18.1. The largest absolute Gasteiger partial charge is 0.416 e. The van der Waals surface area contributed by atoms with E-state index in [0.29, 0.717) is 43.6 Å². The van der Waals surface area contributed by atoms with Gasteiger partial charge in [0.1, 0.15) is 0 Å². The van der Waals surface area contributed by atoms with Gasteiger partial charge in [-0.15, -0.1) is 0 Å². The molecule has 1 aliphatic rings. The molecule has 0 atom stereocenters.